The van der Waals surface area contributed by atoms with Crippen LogP contribution in [-0.4, -0.2) is 42.2 Å². The summed E-state index contributed by atoms with van der Waals surface area (Å²) in [5.41, 5.74) is 0. The van der Waals surface area contributed by atoms with E-state index >= 15 is 0 Å². The lowest BCUT2D eigenvalue weighted by molar-refractivity contribution is -0.133. The van der Waals surface area contributed by atoms with Crippen LogP contribution in [-0.2, 0) is 4.79 Å². The first-order valence-corrected chi connectivity index (χ1v) is 7.92. The van der Waals surface area contributed by atoms with Crippen LogP contribution >= 0.6 is 35.8 Å². The van der Waals surface area contributed by atoms with Gasteiger partial charge in [0.1, 0.15) is 0 Å². The average Bonchev–Trinajstić information content (AvgIpc) is 2.41. The van der Waals surface area contributed by atoms with Crippen LogP contribution in [0.2, 0.25) is 5.02 Å². The Labute approximate surface area is 135 Å². The molecule has 1 aliphatic rings. The van der Waals surface area contributed by atoms with Crippen LogP contribution in [0, 0.1) is 0 Å². The lowest BCUT2D eigenvalue weighted by Crippen LogP contribution is -2.52. The minimum Gasteiger partial charge on any atom is -0.337 e. The van der Waals surface area contributed by atoms with E-state index in [0.717, 1.165) is 35.3 Å². The smallest absolute Gasteiger partial charge is 0.223 e. The Balaban J connectivity index is 0.00000200. The van der Waals surface area contributed by atoms with Gasteiger partial charge in [-0.1, -0.05) is 23.7 Å². The highest BCUT2D eigenvalue weighted by Crippen LogP contribution is 2.27. The molecule has 3 nitrogen and oxygen atoms in total. The largest absolute Gasteiger partial charge is 0.337 e. The molecule has 0 bridgehead atoms. The third kappa shape index (κ3) is 4.85. The minimum absolute atomic E-state index is 0. The van der Waals surface area contributed by atoms with Gasteiger partial charge < -0.3 is 10.2 Å². The molecule has 1 aromatic rings. The van der Waals surface area contributed by atoms with Gasteiger partial charge in [-0.25, -0.2) is 0 Å². The Hall–Kier alpha value is -0.420. The number of rotatable bonds is 4. The topological polar surface area (TPSA) is 32.3 Å². The van der Waals surface area contributed by atoms with Crippen molar-refractivity contribution in [2.24, 2.45) is 0 Å². The Morgan fingerprint density at radius 2 is 2.25 bits per heavy atom. The average molecular weight is 335 g/mol. The number of hydrogen-bond acceptors (Lipinski definition) is 3. The molecule has 1 unspecified atom stereocenters. The van der Waals surface area contributed by atoms with Gasteiger partial charge in [0.25, 0.3) is 0 Å². The van der Waals surface area contributed by atoms with Crippen molar-refractivity contribution in [3.05, 3.63) is 29.3 Å². The van der Waals surface area contributed by atoms with E-state index in [-0.39, 0.29) is 18.3 Å². The number of thioether (sulfide) groups is 1. The van der Waals surface area contributed by atoms with Gasteiger partial charge in [0.05, 0.1) is 5.02 Å². The van der Waals surface area contributed by atoms with Gasteiger partial charge in [0.15, 0.2) is 0 Å². The summed E-state index contributed by atoms with van der Waals surface area (Å²) in [5.74, 6) is 1.02. The van der Waals surface area contributed by atoms with Crippen molar-refractivity contribution in [2.45, 2.75) is 24.3 Å². The molecular formula is C14H20Cl2N2OS. The summed E-state index contributed by atoms with van der Waals surface area (Å²) in [6, 6.07) is 8.05. The zero-order chi connectivity index (χ0) is 13.7. The molecule has 0 aliphatic carbocycles. The highest BCUT2D eigenvalue weighted by molar-refractivity contribution is 7.99. The number of carbonyl (C=O) groups excluding carboxylic acids is 1. The van der Waals surface area contributed by atoms with Crippen molar-refractivity contribution in [1.29, 1.82) is 0 Å². The van der Waals surface area contributed by atoms with Gasteiger partial charge in [-0.05, 0) is 19.1 Å². The predicted octanol–water partition coefficient (Wildman–Crippen LogP) is 3.06. The Morgan fingerprint density at radius 3 is 2.95 bits per heavy atom. The van der Waals surface area contributed by atoms with Crippen molar-refractivity contribution in [3.8, 4) is 0 Å². The molecule has 0 radical (unpaired) electrons. The second-order valence-corrected chi connectivity index (χ2v) is 6.21. The van der Waals surface area contributed by atoms with Gasteiger partial charge in [0.2, 0.25) is 5.91 Å². The molecule has 1 heterocycles. The van der Waals surface area contributed by atoms with Crippen molar-refractivity contribution >= 4 is 41.7 Å². The molecule has 1 aliphatic heterocycles. The van der Waals surface area contributed by atoms with Gasteiger partial charge in [-0.3, -0.25) is 4.79 Å². The molecule has 0 spiro atoms. The third-order valence-corrected chi connectivity index (χ3v) is 4.75. The Bertz CT molecular complexity index is 445. The second-order valence-electron chi connectivity index (χ2n) is 4.67. The molecule has 1 saturated heterocycles. The molecule has 1 atom stereocenters. The van der Waals surface area contributed by atoms with E-state index in [9.17, 15) is 4.79 Å². The predicted molar refractivity (Wildman–Crippen MR) is 88.1 cm³/mol. The lowest BCUT2D eigenvalue weighted by Gasteiger charge is -2.34. The number of hydrogen-bond donors (Lipinski definition) is 1. The maximum atomic E-state index is 12.1. The van der Waals surface area contributed by atoms with E-state index in [1.807, 2.05) is 29.2 Å². The minimum atomic E-state index is 0. The van der Waals surface area contributed by atoms with Crippen LogP contribution in [0.15, 0.2) is 29.2 Å². The number of halogens is 2. The van der Waals surface area contributed by atoms with Crippen molar-refractivity contribution in [3.63, 3.8) is 0 Å². The van der Waals surface area contributed by atoms with Crippen molar-refractivity contribution < 1.29 is 4.79 Å². The number of benzene rings is 1. The lowest BCUT2D eigenvalue weighted by atomic mass is 10.2. The molecule has 1 aromatic carbocycles. The normalized spacial score (nSPS) is 18.5. The van der Waals surface area contributed by atoms with E-state index in [1.54, 1.807) is 11.8 Å². The summed E-state index contributed by atoms with van der Waals surface area (Å²) < 4.78 is 0. The fraction of sp³-hybridized carbons (Fsp3) is 0.500. The van der Waals surface area contributed by atoms with Gasteiger partial charge in [-0.15, -0.1) is 24.2 Å². The van der Waals surface area contributed by atoms with Crippen LogP contribution in [0.3, 0.4) is 0 Å². The molecule has 20 heavy (non-hydrogen) atoms. The fourth-order valence-corrected chi connectivity index (χ4v) is 3.34. The Morgan fingerprint density at radius 1 is 1.50 bits per heavy atom. The van der Waals surface area contributed by atoms with Crippen LogP contribution in [0.5, 0.6) is 0 Å². The standard InChI is InChI=1S/C14H19ClN2OS.ClH/c1-11-10-16-7-8-17(11)14(18)6-9-19-13-5-3-2-4-12(13)15;/h2-5,11,16H,6-10H2,1H3;1H. The van der Waals surface area contributed by atoms with Crippen molar-refractivity contribution in [2.75, 3.05) is 25.4 Å². The van der Waals surface area contributed by atoms with Gasteiger partial charge >= 0.3 is 0 Å². The zero-order valence-electron chi connectivity index (χ0n) is 11.5. The Kier molecular flexibility index (Phi) is 7.74. The van der Waals surface area contributed by atoms with Crippen LogP contribution < -0.4 is 5.32 Å². The number of amides is 1. The number of carbonyl (C=O) groups is 1. The monoisotopic (exact) mass is 334 g/mol. The summed E-state index contributed by atoms with van der Waals surface area (Å²) in [6.45, 7) is 4.69. The van der Waals surface area contributed by atoms with Crippen molar-refractivity contribution in [1.82, 2.24) is 10.2 Å². The molecule has 2 rings (SSSR count). The fourth-order valence-electron chi connectivity index (χ4n) is 2.17. The zero-order valence-corrected chi connectivity index (χ0v) is 13.9. The summed E-state index contributed by atoms with van der Waals surface area (Å²) in [6.07, 6.45) is 0.570. The summed E-state index contributed by atoms with van der Waals surface area (Å²) in [4.78, 5) is 15.2. The molecule has 1 N–H and O–H groups in total. The maximum absolute atomic E-state index is 12.1. The molecule has 0 aromatic heterocycles. The molecule has 6 heteroatoms. The van der Waals surface area contributed by atoms with Gasteiger partial charge in [-0.2, -0.15) is 0 Å². The first-order chi connectivity index (χ1) is 9.18. The SMILES string of the molecule is CC1CNCCN1C(=O)CCSc1ccccc1Cl.Cl. The summed E-state index contributed by atoms with van der Waals surface area (Å²) in [5, 5.41) is 4.05. The van der Waals surface area contributed by atoms with E-state index in [4.69, 9.17) is 11.6 Å². The van der Waals surface area contributed by atoms with Gasteiger partial charge in [0, 0.05) is 42.7 Å². The number of piperazine rings is 1. The maximum Gasteiger partial charge on any atom is 0.223 e. The van der Waals surface area contributed by atoms with Crippen LogP contribution in [0.25, 0.3) is 0 Å². The van der Waals surface area contributed by atoms with E-state index in [2.05, 4.69) is 12.2 Å². The number of nitrogens with zero attached hydrogens (tertiary/aromatic N) is 1. The molecule has 1 fully saturated rings. The van der Waals surface area contributed by atoms with Crippen LogP contribution in [0.1, 0.15) is 13.3 Å². The molecule has 1 amide bonds. The number of nitrogens with one attached hydrogen (secondary N) is 1. The van der Waals surface area contributed by atoms with Crippen LogP contribution in [0.4, 0.5) is 0 Å². The molecule has 112 valence electrons. The first kappa shape index (κ1) is 17.6. The quantitative estimate of drug-likeness (QED) is 0.859. The third-order valence-electron chi connectivity index (χ3n) is 3.23. The van der Waals surface area contributed by atoms with E-state index in [0.29, 0.717) is 12.5 Å². The molecular weight excluding hydrogens is 315 g/mol. The van der Waals surface area contributed by atoms with E-state index < -0.39 is 0 Å². The highest BCUT2D eigenvalue weighted by atomic mass is 35.5. The van der Waals surface area contributed by atoms with E-state index in [1.165, 1.54) is 0 Å². The first-order valence-electron chi connectivity index (χ1n) is 6.56. The molecule has 0 saturated carbocycles. The summed E-state index contributed by atoms with van der Waals surface area (Å²) in [7, 11) is 0. The second kappa shape index (κ2) is 8.78. The highest BCUT2D eigenvalue weighted by Gasteiger charge is 2.22. The summed E-state index contributed by atoms with van der Waals surface area (Å²) >= 11 is 7.73.